The molecule has 2 N–H and O–H groups in total. The van der Waals surface area contributed by atoms with E-state index >= 15 is 0 Å². The van der Waals surface area contributed by atoms with Crippen molar-refractivity contribution in [2.75, 3.05) is 6.54 Å². The number of fused-ring (bicyclic) bond motifs is 1. The van der Waals surface area contributed by atoms with Crippen molar-refractivity contribution >= 4 is 0 Å². The molecule has 0 radical (unpaired) electrons. The van der Waals surface area contributed by atoms with Crippen LogP contribution in [0.5, 0.6) is 0 Å². The lowest BCUT2D eigenvalue weighted by atomic mass is 9.89. The molecule has 0 aliphatic heterocycles. The van der Waals surface area contributed by atoms with Gasteiger partial charge in [0.2, 0.25) is 5.56 Å². The zero-order chi connectivity index (χ0) is 13.2. The van der Waals surface area contributed by atoms with Crippen LogP contribution in [0, 0.1) is 5.41 Å². The van der Waals surface area contributed by atoms with E-state index in [9.17, 15) is 4.79 Å². The van der Waals surface area contributed by atoms with E-state index < -0.39 is 0 Å². The van der Waals surface area contributed by atoms with Gasteiger partial charge in [-0.2, -0.15) is 0 Å². The van der Waals surface area contributed by atoms with Gasteiger partial charge >= 0.3 is 0 Å². The molecule has 1 unspecified atom stereocenters. The number of pyridine rings is 1. The number of nitrogens with one attached hydrogen (secondary N) is 2. The Balaban J connectivity index is 2.02. The predicted octanol–water partition coefficient (Wildman–Crippen LogP) is 2.78. The van der Waals surface area contributed by atoms with Crippen molar-refractivity contribution in [2.24, 2.45) is 5.41 Å². The van der Waals surface area contributed by atoms with Crippen molar-refractivity contribution in [1.29, 1.82) is 0 Å². The molecule has 2 rings (SSSR count). The summed E-state index contributed by atoms with van der Waals surface area (Å²) >= 11 is 0. The van der Waals surface area contributed by atoms with Gasteiger partial charge in [0.15, 0.2) is 0 Å². The van der Waals surface area contributed by atoms with E-state index in [1.54, 1.807) is 6.07 Å². The van der Waals surface area contributed by atoms with Gasteiger partial charge < -0.3 is 10.3 Å². The predicted molar refractivity (Wildman–Crippen MR) is 74.8 cm³/mol. The number of aryl methyl sites for hydroxylation is 1. The molecule has 1 heterocycles. The van der Waals surface area contributed by atoms with Gasteiger partial charge in [-0.1, -0.05) is 26.8 Å². The lowest BCUT2D eigenvalue weighted by Gasteiger charge is -2.27. The highest BCUT2D eigenvalue weighted by molar-refractivity contribution is 5.26. The van der Waals surface area contributed by atoms with Crippen LogP contribution in [0.4, 0.5) is 0 Å². The van der Waals surface area contributed by atoms with Crippen LogP contribution in [-0.4, -0.2) is 11.5 Å². The molecule has 0 fully saturated rings. The van der Waals surface area contributed by atoms with E-state index in [-0.39, 0.29) is 5.56 Å². The fourth-order valence-electron chi connectivity index (χ4n) is 2.53. The zero-order valence-electron chi connectivity index (χ0n) is 11.7. The minimum absolute atomic E-state index is 0.0177. The average molecular weight is 248 g/mol. The van der Waals surface area contributed by atoms with Crippen molar-refractivity contribution in [3.8, 4) is 0 Å². The molecular formula is C15H24N2O. The highest BCUT2D eigenvalue weighted by Crippen LogP contribution is 2.28. The molecule has 100 valence electrons. The van der Waals surface area contributed by atoms with Gasteiger partial charge in [0.25, 0.3) is 0 Å². The van der Waals surface area contributed by atoms with Gasteiger partial charge in [0, 0.05) is 17.8 Å². The summed E-state index contributed by atoms with van der Waals surface area (Å²) in [6.45, 7) is 7.83. The first-order chi connectivity index (χ1) is 8.46. The van der Waals surface area contributed by atoms with Crippen LogP contribution in [0.1, 0.15) is 57.3 Å². The normalized spacial score (nSPS) is 19.6. The largest absolute Gasteiger partial charge is 0.326 e. The Labute approximate surface area is 109 Å². The van der Waals surface area contributed by atoms with Crippen LogP contribution < -0.4 is 10.9 Å². The van der Waals surface area contributed by atoms with E-state index in [1.807, 2.05) is 6.07 Å². The van der Waals surface area contributed by atoms with E-state index in [0.29, 0.717) is 11.5 Å². The van der Waals surface area contributed by atoms with Crippen LogP contribution in [0.2, 0.25) is 0 Å². The van der Waals surface area contributed by atoms with Crippen LogP contribution in [0.3, 0.4) is 0 Å². The van der Waals surface area contributed by atoms with E-state index in [4.69, 9.17) is 0 Å². The lowest BCUT2D eigenvalue weighted by Crippen LogP contribution is -2.29. The van der Waals surface area contributed by atoms with Crippen LogP contribution in [0.15, 0.2) is 16.9 Å². The molecule has 0 spiro atoms. The van der Waals surface area contributed by atoms with Crippen molar-refractivity contribution in [2.45, 2.75) is 52.5 Å². The second-order valence-corrected chi connectivity index (χ2v) is 6.47. The number of rotatable bonds is 3. The molecule has 3 nitrogen and oxygen atoms in total. The summed E-state index contributed by atoms with van der Waals surface area (Å²) in [6.07, 6.45) is 4.49. The van der Waals surface area contributed by atoms with Crippen molar-refractivity contribution in [3.63, 3.8) is 0 Å². The molecule has 3 heteroatoms. The Morgan fingerprint density at radius 1 is 1.39 bits per heavy atom. The third-order valence-electron chi connectivity index (χ3n) is 3.60. The number of hydrogen-bond donors (Lipinski definition) is 2. The smallest absolute Gasteiger partial charge is 0.248 e. The second-order valence-electron chi connectivity index (χ2n) is 6.47. The van der Waals surface area contributed by atoms with E-state index in [0.717, 1.165) is 25.1 Å². The van der Waals surface area contributed by atoms with Gasteiger partial charge in [0.05, 0.1) is 0 Å². The standard InChI is InChI=1S/C15H24N2O/c1-15(2,3)9-10-16-12-5-4-6-13-11(12)7-8-14(18)17-13/h7-8,12,16H,4-6,9-10H2,1-3H3,(H,17,18). The highest BCUT2D eigenvalue weighted by atomic mass is 16.1. The molecular weight excluding hydrogens is 224 g/mol. The van der Waals surface area contributed by atoms with Gasteiger partial charge in [0.1, 0.15) is 0 Å². The van der Waals surface area contributed by atoms with Crippen molar-refractivity contribution in [3.05, 3.63) is 33.7 Å². The minimum atomic E-state index is 0.0177. The third kappa shape index (κ3) is 3.45. The molecule has 1 atom stereocenters. The Morgan fingerprint density at radius 3 is 2.89 bits per heavy atom. The summed E-state index contributed by atoms with van der Waals surface area (Å²) in [5.41, 5.74) is 2.80. The van der Waals surface area contributed by atoms with Crippen LogP contribution >= 0.6 is 0 Å². The maximum absolute atomic E-state index is 11.3. The maximum Gasteiger partial charge on any atom is 0.248 e. The molecule has 0 amide bonds. The SMILES string of the molecule is CC(C)(C)CCNC1CCCc2[nH]c(=O)ccc21. The number of aromatic amines is 1. The monoisotopic (exact) mass is 248 g/mol. The first-order valence-corrected chi connectivity index (χ1v) is 6.91. The molecule has 0 bridgehead atoms. The molecule has 0 aromatic carbocycles. The molecule has 1 aliphatic carbocycles. The molecule has 1 aliphatic rings. The average Bonchev–Trinajstić information content (AvgIpc) is 2.27. The number of hydrogen-bond acceptors (Lipinski definition) is 2. The van der Waals surface area contributed by atoms with Crippen LogP contribution in [0.25, 0.3) is 0 Å². The third-order valence-corrected chi connectivity index (χ3v) is 3.60. The Hall–Kier alpha value is -1.09. The van der Waals surface area contributed by atoms with Crippen molar-refractivity contribution in [1.82, 2.24) is 10.3 Å². The highest BCUT2D eigenvalue weighted by Gasteiger charge is 2.20. The van der Waals surface area contributed by atoms with Gasteiger partial charge in [-0.25, -0.2) is 0 Å². The summed E-state index contributed by atoms with van der Waals surface area (Å²) in [7, 11) is 0. The Kier molecular flexibility index (Phi) is 3.91. The number of aromatic nitrogens is 1. The quantitative estimate of drug-likeness (QED) is 0.864. The minimum Gasteiger partial charge on any atom is -0.326 e. The van der Waals surface area contributed by atoms with Crippen molar-refractivity contribution < 1.29 is 0 Å². The lowest BCUT2D eigenvalue weighted by molar-refractivity contribution is 0.345. The van der Waals surface area contributed by atoms with Gasteiger partial charge in [-0.15, -0.1) is 0 Å². The van der Waals surface area contributed by atoms with Gasteiger partial charge in [-0.05, 0) is 43.2 Å². The summed E-state index contributed by atoms with van der Waals surface area (Å²) in [5.74, 6) is 0. The molecule has 0 saturated heterocycles. The Bertz CT molecular complexity index is 456. The van der Waals surface area contributed by atoms with Gasteiger partial charge in [-0.3, -0.25) is 4.79 Å². The van der Waals surface area contributed by atoms with Crippen LogP contribution in [-0.2, 0) is 6.42 Å². The molecule has 1 aromatic heterocycles. The number of H-pyrrole nitrogens is 1. The van der Waals surface area contributed by atoms with E-state index in [1.165, 1.54) is 18.4 Å². The summed E-state index contributed by atoms with van der Waals surface area (Å²) in [6, 6.07) is 4.04. The summed E-state index contributed by atoms with van der Waals surface area (Å²) in [5, 5.41) is 3.63. The maximum atomic E-state index is 11.3. The molecule has 18 heavy (non-hydrogen) atoms. The summed E-state index contributed by atoms with van der Waals surface area (Å²) < 4.78 is 0. The fraction of sp³-hybridized carbons (Fsp3) is 0.667. The fourth-order valence-corrected chi connectivity index (χ4v) is 2.53. The zero-order valence-corrected chi connectivity index (χ0v) is 11.7. The first-order valence-electron chi connectivity index (χ1n) is 6.91. The molecule has 0 saturated carbocycles. The topological polar surface area (TPSA) is 44.9 Å². The first kappa shape index (κ1) is 13.3. The van der Waals surface area contributed by atoms with E-state index in [2.05, 4.69) is 31.1 Å². The summed E-state index contributed by atoms with van der Waals surface area (Å²) in [4.78, 5) is 14.3. The Morgan fingerprint density at radius 2 is 2.17 bits per heavy atom. The second kappa shape index (κ2) is 5.27. The molecule has 1 aromatic rings.